The Morgan fingerprint density at radius 2 is 1.35 bits per heavy atom. The molecule has 1 N–H and O–H groups in total. The summed E-state index contributed by atoms with van der Waals surface area (Å²) in [5, 5.41) is 2.32. The van der Waals surface area contributed by atoms with E-state index < -0.39 is 0 Å². The molecule has 2 amide bonds. The van der Waals surface area contributed by atoms with Gasteiger partial charge in [0.2, 0.25) is 0 Å². The van der Waals surface area contributed by atoms with Gasteiger partial charge in [0.25, 0.3) is 11.8 Å². The third-order valence-electron chi connectivity index (χ3n) is 8.22. The number of aryl methyl sites for hydroxylation is 1. The lowest BCUT2D eigenvalue weighted by Gasteiger charge is -2.13. The van der Waals surface area contributed by atoms with E-state index in [9.17, 15) is 9.59 Å². The van der Waals surface area contributed by atoms with Crippen LogP contribution in [0.3, 0.4) is 0 Å². The van der Waals surface area contributed by atoms with Crippen LogP contribution in [-0.4, -0.2) is 34.8 Å². The van der Waals surface area contributed by atoms with Crippen molar-refractivity contribution >= 4 is 33.6 Å². The van der Waals surface area contributed by atoms with Crippen LogP contribution in [0.1, 0.15) is 103 Å². The molecule has 0 bridgehead atoms. The number of benzene rings is 3. The Morgan fingerprint density at radius 1 is 0.725 bits per heavy atom. The summed E-state index contributed by atoms with van der Waals surface area (Å²) in [6, 6.07) is 17.7. The zero-order valence-corrected chi connectivity index (χ0v) is 24.1. The van der Waals surface area contributed by atoms with Crippen molar-refractivity contribution in [3.05, 3.63) is 76.9 Å². The number of ether oxygens (including phenoxy) is 1. The van der Waals surface area contributed by atoms with E-state index >= 15 is 0 Å². The first-order valence-corrected chi connectivity index (χ1v) is 15.2. The van der Waals surface area contributed by atoms with Crippen LogP contribution in [0.2, 0.25) is 0 Å². The molecule has 5 rings (SSSR count). The van der Waals surface area contributed by atoms with Crippen LogP contribution in [0.4, 0.5) is 0 Å². The molecule has 0 spiro atoms. The first kappa shape index (κ1) is 27.9. The fourth-order valence-electron chi connectivity index (χ4n) is 5.85. The molecule has 2 heterocycles. The van der Waals surface area contributed by atoms with E-state index in [1.165, 1.54) is 68.1 Å². The molecule has 1 aliphatic heterocycles. The lowest BCUT2D eigenvalue weighted by molar-refractivity contribution is 0.0656. The van der Waals surface area contributed by atoms with Crippen molar-refractivity contribution in [2.45, 2.75) is 84.5 Å². The summed E-state index contributed by atoms with van der Waals surface area (Å²) >= 11 is 0. The second-order valence-electron chi connectivity index (χ2n) is 11.3. The maximum Gasteiger partial charge on any atom is 0.261 e. The van der Waals surface area contributed by atoms with Gasteiger partial charge in [0, 0.05) is 28.9 Å². The minimum Gasteiger partial charge on any atom is -0.493 e. The van der Waals surface area contributed by atoms with E-state index in [4.69, 9.17) is 4.74 Å². The van der Waals surface area contributed by atoms with Crippen LogP contribution in [0.25, 0.3) is 21.8 Å². The molecule has 0 saturated carbocycles. The SMILES string of the molecule is CCCCCCCCCCCCOc1cc2[nH]c3ccc(CCN4C(=O)c5ccccc5C4=O)cc3c2cc1C. The minimum atomic E-state index is -0.199. The molecular weight excluding hydrogens is 496 g/mol. The predicted octanol–water partition coefficient (Wildman–Crippen LogP) is 8.77. The fourth-order valence-corrected chi connectivity index (χ4v) is 5.85. The number of carbonyl (C=O) groups excluding carboxylic acids is 2. The maximum absolute atomic E-state index is 12.7. The Bertz CT molecular complexity index is 1450. The minimum absolute atomic E-state index is 0.199. The first-order chi connectivity index (χ1) is 19.6. The highest BCUT2D eigenvalue weighted by Crippen LogP contribution is 2.32. The van der Waals surface area contributed by atoms with Crippen LogP contribution in [0, 0.1) is 6.92 Å². The van der Waals surface area contributed by atoms with Crippen molar-refractivity contribution in [3.8, 4) is 5.75 Å². The summed E-state index contributed by atoms with van der Waals surface area (Å²) in [6.07, 6.45) is 13.8. The van der Waals surface area contributed by atoms with E-state index in [0.717, 1.165) is 46.3 Å². The second-order valence-corrected chi connectivity index (χ2v) is 11.3. The predicted molar refractivity (Wildman–Crippen MR) is 163 cm³/mol. The molecule has 1 aromatic heterocycles. The highest BCUT2D eigenvalue weighted by atomic mass is 16.5. The molecule has 4 aromatic rings. The van der Waals surface area contributed by atoms with E-state index in [-0.39, 0.29) is 11.8 Å². The van der Waals surface area contributed by atoms with Gasteiger partial charge < -0.3 is 9.72 Å². The maximum atomic E-state index is 12.7. The molecular formula is C35H42N2O3. The summed E-state index contributed by atoms with van der Waals surface area (Å²) in [5.74, 6) is 0.547. The van der Waals surface area contributed by atoms with Crippen molar-refractivity contribution in [1.82, 2.24) is 9.88 Å². The van der Waals surface area contributed by atoms with E-state index in [1.54, 1.807) is 24.3 Å². The lowest BCUT2D eigenvalue weighted by Crippen LogP contribution is -2.31. The van der Waals surface area contributed by atoms with Gasteiger partial charge in [-0.2, -0.15) is 0 Å². The molecule has 0 saturated heterocycles. The summed E-state index contributed by atoms with van der Waals surface area (Å²) in [6.45, 7) is 5.50. The zero-order valence-electron chi connectivity index (χ0n) is 24.1. The van der Waals surface area contributed by atoms with Crippen LogP contribution in [-0.2, 0) is 6.42 Å². The quantitative estimate of drug-likeness (QED) is 0.122. The van der Waals surface area contributed by atoms with Gasteiger partial charge in [-0.15, -0.1) is 0 Å². The molecule has 210 valence electrons. The standard InChI is InChI=1S/C35H42N2O3/c1-3-4-5-6-7-8-9-10-11-14-21-40-33-24-32-29(22-25(33)2)30-23-26(17-18-31(30)36-32)19-20-37-34(38)27-15-12-13-16-28(27)35(37)39/h12-13,15-18,22-24,36H,3-11,14,19-21H2,1-2H3. The van der Waals surface area contributed by atoms with Crippen molar-refractivity contribution in [2.24, 2.45) is 0 Å². The molecule has 0 radical (unpaired) electrons. The number of imide groups is 1. The Labute approximate surface area is 237 Å². The molecule has 5 nitrogen and oxygen atoms in total. The third kappa shape index (κ3) is 6.24. The topological polar surface area (TPSA) is 62.4 Å². The van der Waals surface area contributed by atoms with Crippen LogP contribution >= 0.6 is 0 Å². The number of carbonyl (C=O) groups is 2. The molecule has 3 aromatic carbocycles. The van der Waals surface area contributed by atoms with E-state index in [2.05, 4.69) is 49.2 Å². The molecule has 0 fully saturated rings. The van der Waals surface area contributed by atoms with Gasteiger partial charge in [0.1, 0.15) is 5.75 Å². The molecule has 0 aliphatic carbocycles. The van der Waals surface area contributed by atoms with Crippen molar-refractivity contribution in [1.29, 1.82) is 0 Å². The molecule has 5 heteroatoms. The number of nitrogens with zero attached hydrogens (tertiary/aromatic N) is 1. The molecule has 40 heavy (non-hydrogen) atoms. The number of fused-ring (bicyclic) bond motifs is 4. The fraction of sp³-hybridized carbons (Fsp3) is 0.429. The highest BCUT2D eigenvalue weighted by Gasteiger charge is 2.34. The van der Waals surface area contributed by atoms with Crippen LogP contribution < -0.4 is 4.74 Å². The summed E-state index contributed by atoms with van der Waals surface area (Å²) < 4.78 is 6.19. The normalized spacial score (nSPS) is 13.1. The van der Waals surface area contributed by atoms with E-state index in [0.29, 0.717) is 24.1 Å². The van der Waals surface area contributed by atoms with E-state index in [1.807, 2.05) is 0 Å². The first-order valence-electron chi connectivity index (χ1n) is 15.2. The van der Waals surface area contributed by atoms with Crippen molar-refractivity contribution < 1.29 is 14.3 Å². The zero-order chi connectivity index (χ0) is 27.9. The number of H-pyrrole nitrogens is 1. The Balaban J connectivity index is 1.14. The van der Waals surface area contributed by atoms with Gasteiger partial charge in [-0.1, -0.05) is 82.9 Å². The third-order valence-corrected chi connectivity index (χ3v) is 8.22. The number of nitrogens with one attached hydrogen (secondary N) is 1. The Morgan fingerprint density at radius 3 is 2.02 bits per heavy atom. The van der Waals surface area contributed by atoms with Gasteiger partial charge in [-0.05, 0) is 61.2 Å². The monoisotopic (exact) mass is 538 g/mol. The number of amides is 2. The van der Waals surface area contributed by atoms with Crippen LogP contribution in [0.5, 0.6) is 5.75 Å². The van der Waals surface area contributed by atoms with Gasteiger partial charge in [0.05, 0.1) is 23.3 Å². The molecule has 0 atom stereocenters. The number of rotatable bonds is 15. The van der Waals surface area contributed by atoms with Crippen LogP contribution in [0.15, 0.2) is 54.6 Å². The van der Waals surface area contributed by atoms with Crippen molar-refractivity contribution in [2.75, 3.05) is 13.2 Å². The Hall–Kier alpha value is -3.60. The Kier molecular flexibility index (Phi) is 9.20. The summed E-state index contributed by atoms with van der Waals surface area (Å²) in [7, 11) is 0. The number of unbranched alkanes of at least 4 members (excludes halogenated alkanes) is 9. The molecule has 1 aliphatic rings. The number of aromatic amines is 1. The smallest absolute Gasteiger partial charge is 0.261 e. The van der Waals surface area contributed by atoms with Gasteiger partial charge in [0.15, 0.2) is 0 Å². The summed E-state index contributed by atoms with van der Waals surface area (Å²) in [5.41, 5.74) is 5.38. The van der Waals surface area contributed by atoms with Gasteiger partial charge in [-0.3, -0.25) is 14.5 Å². The summed E-state index contributed by atoms with van der Waals surface area (Å²) in [4.78, 5) is 30.4. The second kappa shape index (κ2) is 13.2. The number of hydrogen-bond acceptors (Lipinski definition) is 3. The average Bonchev–Trinajstić information content (AvgIpc) is 3.43. The molecule has 0 unspecified atom stereocenters. The highest BCUT2D eigenvalue weighted by molar-refractivity contribution is 6.21. The number of aromatic nitrogens is 1. The number of hydrogen-bond donors (Lipinski definition) is 1. The average molecular weight is 539 g/mol. The van der Waals surface area contributed by atoms with Crippen molar-refractivity contribution in [3.63, 3.8) is 0 Å². The van der Waals surface area contributed by atoms with Gasteiger partial charge >= 0.3 is 0 Å². The lowest BCUT2D eigenvalue weighted by atomic mass is 10.1. The van der Waals surface area contributed by atoms with Gasteiger partial charge in [-0.25, -0.2) is 0 Å². The largest absolute Gasteiger partial charge is 0.493 e.